The molecule has 0 spiro atoms. The second kappa shape index (κ2) is 6.38. The standard InChI is InChI=1S/C18H26FNO3/c1-17(21,13-5-3-4-6-13)18(12-20-9-10-23-18)15-11-14(19)7-8-16(15)22-2/h7-8,11,13,20-21H,3-6,9-10,12H2,1-2H3. The van der Waals surface area contributed by atoms with Gasteiger partial charge >= 0.3 is 0 Å². The van der Waals surface area contributed by atoms with E-state index in [-0.39, 0.29) is 11.7 Å². The zero-order valence-electron chi connectivity index (χ0n) is 13.9. The molecule has 23 heavy (non-hydrogen) atoms. The van der Waals surface area contributed by atoms with Crippen LogP contribution in [0, 0.1) is 11.7 Å². The zero-order chi connectivity index (χ0) is 16.5. The fourth-order valence-electron chi connectivity index (χ4n) is 4.20. The molecule has 0 radical (unpaired) electrons. The summed E-state index contributed by atoms with van der Waals surface area (Å²) in [4.78, 5) is 0. The van der Waals surface area contributed by atoms with Gasteiger partial charge in [-0.1, -0.05) is 12.8 Å². The zero-order valence-corrected chi connectivity index (χ0v) is 13.9. The Labute approximate surface area is 137 Å². The van der Waals surface area contributed by atoms with E-state index < -0.39 is 11.2 Å². The highest BCUT2D eigenvalue weighted by molar-refractivity contribution is 5.42. The molecule has 5 heteroatoms. The monoisotopic (exact) mass is 323 g/mol. The minimum absolute atomic E-state index is 0.135. The summed E-state index contributed by atoms with van der Waals surface area (Å²) < 4.78 is 25.6. The number of hydrogen-bond acceptors (Lipinski definition) is 4. The molecule has 128 valence electrons. The summed E-state index contributed by atoms with van der Waals surface area (Å²) in [5.74, 6) is 0.334. The van der Waals surface area contributed by atoms with Gasteiger partial charge < -0.3 is 19.9 Å². The average Bonchev–Trinajstić information content (AvgIpc) is 3.10. The Morgan fingerprint density at radius 1 is 1.39 bits per heavy atom. The largest absolute Gasteiger partial charge is 0.496 e. The fraction of sp³-hybridized carbons (Fsp3) is 0.667. The van der Waals surface area contributed by atoms with Crippen LogP contribution in [0.2, 0.25) is 0 Å². The molecule has 2 aliphatic rings. The molecule has 2 fully saturated rings. The Balaban J connectivity index is 2.11. The number of rotatable bonds is 4. The molecule has 0 bridgehead atoms. The average molecular weight is 323 g/mol. The van der Waals surface area contributed by atoms with Crippen molar-refractivity contribution < 1.29 is 19.0 Å². The van der Waals surface area contributed by atoms with E-state index in [0.717, 1.165) is 32.2 Å². The van der Waals surface area contributed by atoms with Gasteiger partial charge in [-0.05, 0) is 43.9 Å². The van der Waals surface area contributed by atoms with Gasteiger partial charge in [0.05, 0.1) is 19.3 Å². The van der Waals surface area contributed by atoms with Crippen LogP contribution in [0.15, 0.2) is 18.2 Å². The minimum atomic E-state index is -1.10. The fourth-order valence-corrected chi connectivity index (χ4v) is 4.20. The van der Waals surface area contributed by atoms with Crippen LogP contribution in [-0.4, -0.2) is 37.5 Å². The Kier molecular flexibility index (Phi) is 4.63. The predicted octanol–water partition coefficient (Wildman–Crippen LogP) is 2.59. The van der Waals surface area contributed by atoms with E-state index in [1.165, 1.54) is 12.1 Å². The smallest absolute Gasteiger partial charge is 0.138 e. The van der Waals surface area contributed by atoms with Crippen LogP contribution in [0.25, 0.3) is 0 Å². The van der Waals surface area contributed by atoms with Crippen LogP contribution < -0.4 is 10.1 Å². The molecule has 1 aromatic rings. The maximum atomic E-state index is 14.0. The SMILES string of the molecule is COc1ccc(F)cc1C1(C(C)(O)C2CCCC2)CNCCO1. The van der Waals surface area contributed by atoms with Gasteiger partial charge in [0, 0.05) is 18.7 Å². The number of halogens is 1. The van der Waals surface area contributed by atoms with Crippen molar-refractivity contribution in [2.24, 2.45) is 5.92 Å². The summed E-state index contributed by atoms with van der Waals surface area (Å²) in [5, 5.41) is 14.8. The maximum Gasteiger partial charge on any atom is 0.138 e. The molecule has 2 unspecified atom stereocenters. The van der Waals surface area contributed by atoms with Crippen molar-refractivity contribution >= 4 is 0 Å². The quantitative estimate of drug-likeness (QED) is 0.894. The predicted molar refractivity (Wildman–Crippen MR) is 86.0 cm³/mol. The molecule has 1 aliphatic carbocycles. The molecule has 1 heterocycles. The molecule has 3 rings (SSSR count). The Morgan fingerprint density at radius 2 is 2.13 bits per heavy atom. The highest BCUT2D eigenvalue weighted by Crippen LogP contribution is 2.49. The van der Waals surface area contributed by atoms with Crippen molar-refractivity contribution in [3.63, 3.8) is 0 Å². The Hall–Kier alpha value is -1.17. The summed E-state index contributed by atoms with van der Waals surface area (Å²) >= 11 is 0. The second-order valence-electron chi connectivity index (χ2n) is 6.83. The summed E-state index contributed by atoms with van der Waals surface area (Å²) in [6.07, 6.45) is 4.17. The van der Waals surface area contributed by atoms with Crippen LogP contribution in [0.5, 0.6) is 5.75 Å². The number of morpholine rings is 1. The number of methoxy groups -OCH3 is 1. The lowest BCUT2D eigenvalue weighted by atomic mass is 9.69. The van der Waals surface area contributed by atoms with Gasteiger partial charge in [0.15, 0.2) is 0 Å². The van der Waals surface area contributed by atoms with Crippen molar-refractivity contribution in [2.45, 2.75) is 43.8 Å². The van der Waals surface area contributed by atoms with E-state index in [0.29, 0.717) is 24.5 Å². The van der Waals surface area contributed by atoms with Crippen LogP contribution in [0.3, 0.4) is 0 Å². The third-order valence-corrected chi connectivity index (χ3v) is 5.57. The first-order chi connectivity index (χ1) is 11.0. The van der Waals surface area contributed by atoms with Crippen molar-refractivity contribution in [1.29, 1.82) is 0 Å². The first-order valence-electron chi connectivity index (χ1n) is 8.42. The van der Waals surface area contributed by atoms with E-state index in [1.54, 1.807) is 13.2 Å². The van der Waals surface area contributed by atoms with Gasteiger partial charge in [0.25, 0.3) is 0 Å². The summed E-state index contributed by atoms with van der Waals surface area (Å²) in [7, 11) is 1.56. The Bertz CT molecular complexity index is 549. The van der Waals surface area contributed by atoms with Crippen LogP contribution in [-0.2, 0) is 10.3 Å². The number of aliphatic hydroxyl groups is 1. The molecule has 1 aliphatic heterocycles. The minimum Gasteiger partial charge on any atom is -0.496 e. The van der Waals surface area contributed by atoms with E-state index in [1.807, 2.05) is 6.92 Å². The molecule has 1 saturated heterocycles. The first kappa shape index (κ1) is 16.7. The summed E-state index contributed by atoms with van der Waals surface area (Å²) in [6, 6.07) is 4.42. The van der Waals surface area contributed by atoms with Crippen molar-refractivity contribution in [1.82, 2.24) is 5.32 Å². The summed E-state index contributed by atoms with van der Waals surface area (Å²) in [5.41, 5.74) is -1.52. The lowest BCUT2D eigenvalue weighted by molar-refractivity contribution is -0.216. The molecular weight excluding hydrogens is 297 g/mol. The lowest BCUT2D eigenvalue weighted by Gasteiger charge is -2.50. The molecule has 1 aromatic carbocycles. The van der Waals surface area contributed by atoms with Crippen molar-refractivity contribution in [2.75, 3.05) is 26.8 Å². The topological polar surface area (TPSA) is 50.7 Å². The van der Waals surface area contributed by atoms with Crippen LogP contribution in [0.1, 0.15) is 38.2 Å². The highest BCUT2D eigenvalue weighted by atomic mass is 19.1. The van der Waals surface area contributed by atoms with Gasteiger partial charge in [0.2, 0.25) is 0 Å². The lowest BCUT2D eigenvalue weighted by Crippen LogP contribution is -2.63. The molecule has 0 amide bonds. The van der Waals surface area contributed by atoms with Gasteiger partial charge in [-0.25, -0.2) is 4.39 Å². The molecule has 0 aromatic heterocycles. The van der Waals surface area contributed by atoms with Gasteiger partial charge in [-0.15, -0.1) is 0 Å². The van der Waals surface area contributed by atoms with Crippen LogP contribution in [0.4, 0.5) is 4.39 Å². The molecule has 2 N–H and O–H groups in total. The van der Waals surface area contributed by atoms with Crippen molar-refractivity contribution in [3.05, 3.63) is 29.6 Å². The number of hydrogen-bond donors (Lipinski definition) is 2. The van der Waals surface area contributed by atoms with E-state index in [4.69, 9.17) is 9.47 Å². The van der Waals surface area contributed by atoms with E-state index in [2.05, 4.69) is 5.32 Å². The number of nitrogens with one attached hydrogen (secondary N) is 1. The normalized spacial score (nSPS) is 28.5. The van der Waals surface area contributed by atoms with Gasteiger partial charge in [-0.2, -0.15) is 0 Å². The molecule has 4 nitrogen and oxygen atoms in total. The molecule has 2 atom stereocenters. The third-order valence-electron chi connectivity index (χ3n) is 5.57. The maximum absolute atomic E-state index is 14.0. The van der Waals surface area contributed by atoms with Gasteiger partial charge in [0.1, 0.15) is 17.2 Å². The number of ether oxygens (including phenoxy) is 2. The Morgan fingerprint density at radius 3 is 2.74 bits per heavy atom. The van der Waals surface area contributed by atoms with E-state index >= 15 is 0 Å². The molecule has 1 saturated carbocycles. The first-order valence-corrected chi connectivity index (χ1v) is 8.42. The van der Waals surface area contributed by atoms with Crippen molar-refractivity contribution in [3.8, 4) is 5.75 Å². The van der Waals surface area contributed by atoms with Crippen LogP contribution >= 0.6 is 0 Å². The highest BCUT2D eigenvalue weighted by Gasteiger charge is 2.56. The number of benzene rings is 1. The van der Waals surface area contributed by atoms with E-state index in [9.17, 15) is 9.50 Å². The molecular formula is C18H26FNO3. The third kappa shape index (κ3) is 2.75. The summed E-state index contributed by atoms with van der Waals surface area (Å²) in [6.45, 7) is 3.47. The van der Waals surface area contributed by atoms with Gasteiger partial charge in [-0.3, -0.25) is 0 Å². The second-order valence-corrected chi connectivity index (χ2v) is 6.83.